The lowest BCUT2D eigenvalue weighted by Gasteiger charge is -2.18. The average molecular weight is 568 g/mol. The average Bonchev–Trinajstić information content (AvgIpc) is 3.35. The van der Waals surface area contributed by atoms with Crippen LogP contribution in [0.2, 0.25) is 0 Å². The molecule has 1 atom stereocenters. The SMILES string of the molecule is O=C(N[C@H](CNC(=O)c1cc2nccc(Br)c2s1)C(=O)OCc1ccccc1)OCc1ccccc1. The molecule has 2 aromatic heterocycles. The topological polar surface area (TPSA) is 107 Å². The molecular weight excluding hydrogens is 546 g/mol. The summed E-state index contributed by atoms with van der Waals surface area (Å²) in [6, 6.07) is 20.6. The van der Waals surface area contributed by atoms with Crippen LogP contribution >= 0.6 is 27.3 Å². The van der Waals surface area contributed by atoms with E-state index < -0.39 is 24.0 Å². The number of benzene rings is 2. The van der Waals surface area contributed by atoms with Gasteiger partial charge in [0, 0.05) is 17.2 Å². The number of carbonyl (C=O) groups is 3. The minimum atomic E-state index is -1.15. The van der Waals surface area contributed by atoms with E-state index in [0.717, 1.165) is 20.3 Å². The van der Waals surface area contributed by atoms with Crippen molar-refractivity contribution < 1.29 is 23.9 Å². The molecule has 0 fully saturated rings. The maximum absolute atomic E-state index is 12.8. The summed E-state index contributed by atoms with van der Waals surface area (Å²) in [4.78, 5) is 42.7. The maximum Gasteiger partial charge on any atom is 0.408 e. The molecule has 2 N–H and O–H groups in total. The third-order valence-electron chi connectivity index (χ3n) is 5.07. The van der Waals surface area contributed by atoms with Gasteiger partial charge < -0.3 is 20.1 Å². The van der Waals surface area contributed by atoms with Crippen molar-refractivity contribution in [2.75, 3.05) is 6.54 Å². The van der Waals surface area contributed by atoms with Crippen molar-refractivity contribution in [2.45, 2.75) is 19.3 Å². The van der Waals surface area contributed by atoms with E-state index in [1.54, 1.807) is 18.3 Å². The maximum atomic E-state index is 12.8. The van der Waals surface area contributed by atoms with Crippen LogP contribution in [-0.4, -0.2) is 35.5 Å². The van der Waals surface area contributed by atoms with Crippen LogP contribution in [-0.2, 0) is 27.5 Å². The molecule has 2 heterocycles. The van der Waals surface area contributed by atoms with Crippen molar-refractivity contribution in [2.24, 2.45) is 0 Å². The van der Waals surface area contributed by atoms with Gasteiger partial charge >= 0.3 is 12.1 Å². The lowest BCUT2D eigenvalue weighted by Crippen LogP contribution is -2.49. The van der Waals surface area contributed by atoms with E-state index >= 15 is 0 Å². The van der Waals surface area contributed by atoms with Gasteiger partial charge in [0.05, 0.1) is 15.1 Å². The van der Waals surface area contributed by atoms with Crippen LogP contribution in [0.5, 0.6) is 0 Å². The first-order chi connectivity index (χ1) is 17.5. The number of fused-ring (bicyclic) bond motifs is 1. The number of ether oxygens (including phenoxy) is 2. The Morgan fingerprint density at radius 3 is 2.19 bits per heavy atom. The van der Waals surface area contributed by atoms with Gasteiger partial charge in [0.25, 0.3) is 5.91 Å². The number of alkyl carbamates (subject to hydrolysis) is 1. The molecule has 0 unspecified atom stereocenters. The molecule has 0 saturated carbocycles. The molecular formula is C26H22BrN3O5S. The fraction of sp³-hybridized carbons (Fsp3) is 0.154. The first-order valence-corrected chi connectivity index (χ1v) is 12.6. The van der Waals surface area contributed by atoms with Crippen molar-refractivity contribution in [3.8, 4) is 0 Å². The smallest absolute Gasteiger partial charge is 0.408 e. The number of pyridine rings is 1. The molecule has 0 saturated heterocycles. The summed E-state index contributed by atoms with van der Waals surface area (Å²) in [7, 11) is 0. The summed E-state index contributed by atoms with van der Waals surface area (Å²) in [5, 5.41) is 5.19. The molecule has 2 aromatic carbocycles. The third kappa shape index (κ3) is 6.89. The number of hydrogen-bond acceptors (Lipinski definition) is 7. The van der Waals surface area contributed by atoms with Crippen LogP contribution in [0.25, 0.3) is 10.2 Å². The van der Waals surface area contributed by atoms with Gasteiger partial charge in [-0.25, -0.2) is 9.59 Å². The van der Waals surface area contributed by atoms with E-state index in [0.29, 0.717) is 10.4 Å². The van der Waals surface area contributed by atoms with Crippen molar-refractivity contribution in [3.05, 3.63) is 99.5 Å². The second-order valence-electron chi connectivity index (χ2n) is 7.68. The second kappa shape index (κ2) is 12.3. The Labute approximate surface area is 219 Å². The number of rotatable bonds is 9. The zero-order chi connectivity index (χ0) is 25.3. The third-order valence-corrected chi connectivity index (χ3v) is 7.15. The monoisotopic (exact) mass is 567 g/mol. The molecule has 4 aromatic rings. The van der Waals surface area contributed by atoms with Crippen molar-refractivity contribution >= 4 is 55.5 Å². The number of amides is 2. The predicted molar refractivity (Wildman–Crippen MR) is 139 cm³/mol. The Bertz CT molecular complexity index is 1350. The molecule has 8 nitrogen and oxygen atoms in total. The van der Waals surface area contributed by atoms with Crippen molar-refractivity contribution in [1.29, 1.82) is 0 Å². The molecule has 0 spiro atoms. The standard InChI is InChI=1S/C26H22BrN3O5S/c27-19-11-12-28-20-13-22(36-23(19)20)24(31)29-14-21(25(32)34-15-17-7-3-1-4-8-17)30-26(33)35-16-18-9-5-2-6-10-18/h1-13,21H,14-16H2,(H,29,31)(H,30,33)/t21-/m1/s1. The first-order valence-electron chi connectivity index (χ1n) is 11.0. The van der Waals surface area contributed by atoms with Crippen LogP contribution < -0.4 is 10.6 Å². The molecule has 184 valence electrons. The summed E-state index contributed by atoms with van der Waals surface area (Å²) < 4.78 is 12.3. The molecule has 2 amide bonds. The minimum absolute atomic E-state index is 0.0286. The second-order valence-corrected chi connectivity index (χ2v) is 9.59. The van der Waals surface area contributed by atoms with E-state index in [4.69, 9.17) is 9.47 Å². The number of nitrogens with one attached hydrogen (secondary N) is 2. The molecule has 0 bridgehead atoms. The Balaban J connectivity index is 1.40. The molecule has 0 aliphatic heterocycles. The lowest BCUT2D eigenvalue weighted by molar-refractivity contribution is -0.147. The van der Waals surface area contributed by atoms with E-state index in [1.165, 1.54) is 11.3 Å². The highest BCUT2D eigenvalue weighted by Crippen LogP contribution is 2.30. The van der Waals surface area contributed by atoms with E-state index in [9.17, 15) is 14.4 Å². The number of esters is 1. The summed E-state index contributed by atoms with van der Waals surface area (Å²) in [5.74, 6) is -1.10. The van der Waals surface area contributed by atoms with Crippen LogP contribution in [0, 0.1) is 0 Å². The number of nitrogens with zero attached hydrogens (tertiary/aromatic N) is 1. The van der Waals surface area contributed by atoms with Crippen molar-refractivity contribution in [3.63, 3.8) is 0 Å². The summed E-state index contributed by atoms with van der Waals surface area (Å²) in [6.07, 6.45) is 0.842. The zero-order valence-electron chi connectivity index (χ0n) is 19.0. The fourth-order valence-corrected chi connectivity index (χ4v) is 4.73. The van der Waals surface area contributed by atoms with Gasteiger partial charge in [-0.15, -0.1) is 11.3 Å². The minimum Gasteiger partial charge on any atom is -0.459 e. The van der Waals surface area contributed by atoms with Gasteiger partial charge in [-0.05, 0) is 39.2 Å². The van der Waals surface area contributed by atoms with Crippen molar-refractivity contribution in [1.82, 2.24) is 15.6 Å². The van der Waals surface area contributed by atoms with Gasteiger partial charge in [0.1, 0.15) is 19.3 Å². The fourth-order valence-electron chi connectivity index (χ4n) is 3.23. The van der Waals surface area contributed by atoms with Gasteiger partial charge in [-0.3, -0.25) is 9.78 Å². The normalized spacial score (nSPS) is 11.5. The molecule has 0 radical (unpaired) electrons. The number of halogens is 1. The highest BCUT2D eigenvalue weighted by atomic mass is 79.9. The van der Waals surface area contributed by atoms with Crippen LogP contribution in [0.3, 0.4) is 0 Å². The number of aromatic nitrogens is 1. The summed E-state index contributed by atoms with van der Waals surface area (Å²) in [5.41, 5.74) is 2.28. The largest absolute Gasteiger partial charge is 0.459 e. The Kier molecular flexibility index (Phi) is 8.64. The lowest BCUT2D eigenvalue weighted by atomic mass is 10.2. The molecule has 0 aliphatic carbocycles. The highest BCUT2D eigenvalue weighted by molar-refractivity contribution is 9.10. The Morgan fingerprint density at radius 2 is 1.56 bits per heavy atom. The number of carbonyl (C=O) groups excluding carboxylic acids is 3. The van der Waals surface area contributed by atoms with Crippen LogP contribution in [0.1, 0.15) is 20.8 Å². The number of hydrogen-bond donors (Lipinski definition) is 2. The zero-order valence-corrected chi connectivity index (χ0v) is 21.4. The summed E-state index contributed by atoms with van der Waals surface area (Å²) in [6.45, 7) is -0.120. The molecule has 36 heavy (non-hydrogen) atoms. The molecule has 0 aliphatic rings. The van der Waals surface area contributed by atoms with E-state index in [-0.39, 0.29) is 19.8 Å². The van der Waals surface area contributed by atoms with Gasteiger partial charge in [-0.2, -0.15) is 0 Å². The quantitative estimate of drug-likeness (QED) is 0.281. The first kappa shape index (κ1) is 25.3. The van der Waals surface area contributed by atoms with Gasteiger partial charge in [-0.1, -0.05) is 60.7 Å². The molecule has 4 rings (SSSR count). The van der Waals surface area contributed by atoms with Gasteiger partial charge in [0.2, 0.25) is 0 Å². The summed E-state index contributed by atoms with van der Waals surface area (Å²) >= 11 is 4.72. The van der Waals surface area contributed by atoms with Crippen LogP contribution in [0.15, 0.2) is 83.5 Å². The number of thiophene rings is 1. The predicted octanol–water partition coefficient (Wildman–Crippen LogP) is 4.83. The van der Waals surface area contributed by atoms with Crippen LogP contribution in [0.4, 0.5) is 4.79 Å². The Hall–Kier alpha value is -3.76. The van der Waals surface area contributed by atoms with E-state index in [1.807, 2.05) is 60.7 Å². The highest BCUT2D eigenvalue weighted by Gasteiger charge is 2.25. The molecule has 10 heteroatoms. The van der Waals surface area contributed by atoms with E-state index in [2.05, 4.69) is 31.5 Å². The van der Waals surface area contributed by atoms with Gasteiger partial charge in [0.15, 0.2) is 0 Å². The Morgan fingerprint density at radius 1 is 0.917 bits per heavy atom.